The molecule has 0 aliphatic carbocycles. The second kappa shape index (κ2) is 4.28. The third-order valence-electron chi connectivity index (χ3n) is 2.07. The Hall–Kier alpha value is -1.94. The fourth-order valence-electron chi connectivity index (χ4n) is 1.31. The van der Waals surface area contributed by atoms with Crippen molar-refractivity contribution in [2.45, 2.75) is 0 Å². The van der Waals surface area contributed by atoms with Crippen molar-refractivity contribution >= 4 is 17.6 Å². The molecule has 2 aromatic heterocycles. The zero-order valence-corrected chi connectivity index (χ0v) is 8.85. The van der Waals surface area contributed by atoms with E-state index in [1.165, 1.54) is 12.3 Å². The first-order valence-corrected chi connectivity index (χ1v) is 4.85. The van der Waals surface area contributed by atoms with E-state index >= 15 is 0 Å². The van der Waals surface area contributed by atoms with Crippen molar-refractivity contribution in [3.8, 4) is 11.1 Å². The Balaban J connectivity index is 2.56. The summed E-state index contributed by atoms with van der Waals surface area (Å²) in [6.45, 7) is 0. The Morgan fingerprint density at radius 2 is 2.00 bits per heavy atom. The molecule has 0 bridgehead atoms. The van der Waals surface area contributed by atoms with E-state index < -0.39 is 5.97 Å². The molecule has 0 atom stereocenters. The van der Waals surface area contributed by atoms with Gasteiger partial charge in [0.1, 0.15) is 5.69 Å². The number of carbonyl (C=O) groups is 1. The minimum Gasteiger partial charge on any atom is -0.477 e. The zero-order chi connectivity index (χ0) is 11.5. The van der Waals surface area contributed by atoms with Crippen LogP contribution in [0.3, 0.4) is 0 Å². The van der Waals surface area contributed by atoms with Gasteiger partial charge >= 0.3 is 5.97 Å². The molecule has 0 spiro atoms. The summed E-state index contributed by atoms with van der Waals surface area (Å²) >= 11 is 5.96. The summed E-state index contributed by atoms with van der Waals surface area (Å²) < 4.78 is 0. The normalized spacial score (nSPS) is 10.1. The van der Waals surface area contributed by atoms with Gasteiger partial charge in [-0.05, 0) is 23.8 Å². The van der Waals surface area contributed by atoms with Crippen LogP contribution in [0.1, 0.15) is 10.5 Å². The van der Waals surface area contributed by atoms with Crippen molar-refractivity contribution in [2.24, 2.45) is 0 Å². The highest BCUT2D eigenvalue weighted by atomic mass is 35.5. The number of aromatic nitrogens is 2. The van der Waals surface area contributed by atoms with E-state index in [0.29, 0.717) is 10.6 Å². The lowest BCUT2D eigenvalue weighted by atomic mass is 10.1. The zero-order valence-electron chi connectivity index (χ0n) is 8.09. The number of halogens is 1. The molecule has 0 fully saturated rings. The van der Waals surface area contributed by atoms with E-state index in [1.807, 2.05) is 0 Å². The van der Waals surface area contributed by atoms with Crippen molar-refractivity contribution in [1.29, 1.82) is 0 Å². The lowest BCUT2D eigenvalue weighted by Gasteiger charge is -2.04. The minimum absolute atomic E-state index is 0.0313. The molecular weight excluding hydrogens is 228 g/mol. The van der Waals surface area contributed by atoms with Gasteiger partial charge < -0.3 is 5.11 Å². The van der Waals surface area contributed by atoms with Crippen molar-refractivity contribution in [3.63, 3.8) is 0 Å². The van der Waals surface area contributed by atoms with Gasteiger partial charge in [0, 0.05) is 24.2 Å². The first-order valence-electron chi connectivity index (χ1n) is 4.47. The van der Waals surface area contributed by atoms with Gasteiger partial charge in [0.2, 0.25) is 0 Å². The molecule has 4 nitrogen and oxygen atoms in total. The maximum Gasteiger partial charge on any atom is 0.354 e. The summed E-state index contributed by atoms with van der Waals surface area (Å²) in [7, 11) is 0. The van der Waals surface area contributed by atoms with Crippen LogP contribution in [-0.2, 0) is 0 Å². The van der Waals surface area contributed by atoms with Crippen molar-refractivity contribution in [3.05, 3.63) is 47.5 Å². The van der Waals surface area contributed by atoms with Crippen LogP contribution in [-0.4, -0.2) is 21.0 Å². The van der Waals surface area contributed by atoms with Crippen LogP contribution in [0.2, 0.25) is 5.02 Å². The van der Waals surface area contributed by atoms with Crippen LogP contribution in [0.25, 0.3) is 11.1 Å². The number of carboxylic acids is 1. The average molecular weight is 235 g/mol. The predicted octanol–water partition coefficient (Wildman–Crippen LogP) is 2.50. The second-order valence-corrected chi connectivity index (χ2v) is 3.50. The summed E-state index contributed by atoms with van der Waals surface area (Å²) in [4.78, 5) is 18.4. The minimum atomic E-state index is -1.08. The molecule has 16 heavy (non-hydrogen) atoms. The standard InChI is InChI=1S/C11H7ClN2O2/c12-9-6-14-10(11(15)16)5-8(9)7-1-3-13-4-2-7/h1-6H,(H,15,16). The number of nitrogens with zero attached hydrogens (tertiary/aromatic N) is 2. The molecule has 0 aliphatic heterocycles. The van der Waals surface area contributed by atoms with E-state index in [9.17, 15) is 4.79 Å². The van der Waals surface area contributed by atoms with Crippen LogP contribution in [0, 0.1) is 0 Å². The third kappa shape index (κ3) is 2.01. The summed E-state index contributed by atoms with van der Waals surface area (Å²) in [5.41, 5.74) is 1.41. The van der Waals surface area contributed by atoms with E-state index in [4.69, 9.17) is 16.7 Å². The van der Waals surface area contributed by atoms with Crippen LogP contribution in [0.4, 0.5) is 0 Å². The molecule has 2 aromatic rings. The highest BCUT2D eigenvalue weighted by Crippen LogP contribution is 2.27. The molecule has 80 valence electrons. The number of aromatic carboxylic acids is 1. The quantitative estimate of drug-likeness (QED) is 0.867. The Bertz CT molecular complexity index is 529. The van der Waals surface area contributed by atoms with Gasteiger partial charge in [0.05, 0.1) is 5.02 Å². The molecule has 0 unspecified atom stereocenters. The molecule has 1 N–H and O–H groups in total. The number of carboxylic acid groups (broad SMARTS) is 1. The molecule has 2 rings (SSSR count). The molecule has 0 radical (unpaired) electrons. The number of rotatable bonds is 2. The first-order chi connectivity index (χ1) is 7.68. The van der Waals surface area contributed by atoms with E-state index in [1.54, 1.807) is 24.5 Å². The van der Waals surface area contributed by atoms with Gasteiger partial charge in [-0.15, -0.1) is 0 Å². The Morgan fingerprint density at radius 1 is 1.31 bits per heavy atom. The smallest absolute Gasteiger partial charge is 0.354 e. The van der Waals surface area contributed by atoms with Crippen LogP contribution in [0.5, 0.6) is 0 Å². The maximum absolute atomic E-state index is 10.8. The number of hydrogen-bond donors (Lipinski definition) is 1. The first kappa shape index (κ1) is 10.6. The van der Waals surface area contributed by atoms with Crippen molar-refractivity contribution in [1.82, 2.24) is 9.97 Å². The molecule has 0 aromatic carbocycles. The monoisotopic (exact) mass is 234 g/mol. The van der Waals surface area contributed by atoms with Crippen LogP contribution < -0.4 is 0 Å². The molecule has 5 heteroatoms. The summed E-state index contributed by atoms with van der Waals surface area (Å²) in [6.07, 6.45) is 4.57. The van der Waals surface area contributed by atoms with Gasteiger partial charge in [-0.25, -0.2) is 9.78 Å². The summed E-state index contributed by atoms with van der Waals surface area (Å²) in [5, 5.41) is 9.24. The largest absolute Gasteiger partial charge is 0.477 e. The number of hydrogen-bond acceptors (Lipinski definition) is 3. The SMILES string of the molecule is O=C(O)c1cc(-c2ccncc2)c(Cl)cn1. The molecule has 0 saturated carbocycles. The molecule has 0 saturated heterocycles. The van der Waals surface area contributed by atoms with E-state index in [0.717, 1.165) is 5.56 Å². The Labute approximate surface area is 96.6 Å². The summed E-state index contributed by atoms with van der Waals surface area (Å²) in [6, 6.07) is 4.96. The van der Waals surface area contributed by atoms with Crippen molar-refractivity contribution < 1.29 is 9.90 Å². The highest BCUT2D eigenvalue weighted by molar-refractivity contribution is 6.33. The Kier molecular flexibility index (Phi) is 2.83. The van der Waals surface area contributed by atoms with E-state index in [-0.39, 0.29) is 5.69 Å². The summed E-state index contributed by atoms with van der Waals surface area (Å²) in [5.74, 6) is -1.08. The van der Waals surface area contributed by atoms with Gasteiger partial charge in [-0.2, -0.15) is 0 Å². The molecule has 0 amide bonds. The fraction of sp³-hybridized carbons (Fsp3) is 0. The van der Waals surface area contributed by atoms with Gasteiger partial charge in [-0.3, -0.25) is 4.98 Å². The van der Waals surface area contributed by atoms with Crippen LogP contribution in [0.15, 0.2) is 36.8 Å². The lowest BCUT2D eigenvalue weighted by molar-refractivity contribution is 0.0690. The molecule has 2 heterocycles. The van der Waals surface area contributed by atoms with E-state index in [2.05, 4.69) is 9.97 Å². The lowest BCUT2D eigenvalue weighted by Crippen LogP contribution is -2.00. The van der Waals surface area contributed by atoms with Crippen LogP contribution >= 0.6 is 11.6 Å². The van der Waals surface area contributed by atoms with Crippen molar-refractivity contribution in [2.75, 3.05) is 0 Å². The van der Waals surface area contributed by atoms with Gasteiger partial charge in [-0.1, -0.05) is 11.6 Å². The number of pyridine rings is 2. The highest BCUT2D eigenvalue weighted by Gasteiger charge is 2.10. The van der Waals surface area contributed by atoms with Gasteiger partial charge in [0.15, 0.2) is 0 Å². The maximum atomic E-state index is 10.8. The van der Waals surface area contributed by atoms with Gasteiger partial charge in [0.25, 0.3) is 0 Å². The Morgan fingerprint density at radius 3 is 2.62 bits per heavy atom. The second-order valence-electron chi connectivity index (χ2n) is 3.09. The molecule has 0 aliphatic rings. The fourth-order valence-corrected chi connectivity index (χ4v) is 1.52. The predicted molar refractivity (Wildman–Crippen MR) is 59.4 cm³/mol. The third-order valence-corrected chi connectivity index (χ3v) is 2.37. The molecular formula is C11H7ClN2O2. The average Bonchev–Trinajstić information content (AvgIpc) is 2.30. The topological polar surface area (TPSA) is 63.1 Å².